The van der Waals surface area contributed by atoms with E-state index in [9.17, 15) is 0 Å². The van der Waals surface area contributed by atoms with E-state index >= 15 is 0 Å². The smallest absolute Gasteiger partial charge is 0.0667 e. The highest BCUT2D eigenvalue weighted by Gasteiger charge is 2.24. The number of anilines is 1. The molecule has 2 aromatic rings. The van der Waals surface area contributed by atoms with E-state index in [-0.39, 0.29) is 0 Å². The highest BCUT2D eigenvalue weighted by Crippen LogP contribution is 2.31. The van der Waals surface area contributed by atoms with Crippen molar-refractivity contribution in [2.75, 3.05) is 24.5 Å². The Balaban J connectivity index is 1.96. The topological polar surface area (TPSA) is 15.3 Å². The van der Waals surface area contributed by atoms with Crippen molar-refractivity contribution in [3.8, 4) is 0 Å². The average molecular weight is 280 g/mol. The van der Waals surface area contributed by atoms with Gasteiger partial charge in [-0.05, 0) is 38.0 Å². The van der Waals surface area contributed by atoms with Crippen molar-refractivity contribution < 1.29 is 0 Å². The first-order chi connectivity index (χ1) is 10.1. The monoisotopic (exact) mass is 280 g/mol. The molecular weight excluding hydrogens is 256 g/mol. The summed E-state index contributed by atoms with van der Waals surface area (Å²) in [5, 5.41) is 3.54. The van der Waals surface area contributed by atoms with Crippen LogP contribution in [0.2, 0.25) is 0 Å². The zero-order valence-corrected chi connectivity index (χ0v) is 13.2. The Morgan fingerprint density at radius 1 is 0.952 bits per heavy atom. The van der Waals surface area contributed by atoms with Crippen LogP contribution in [0.3, 0.4) is 0 Å². The Bertz CT molecular complexity index is 616. The molecule has 110 valence electrons. The van der Waals surface area contributed by atoms with E-state index in [4.69, 9.17) is 0 Å². The molecule has 0 spiro atoms. The first-order valence-electron chi connectivity index (χ1n) is 7.76. The standard InChI is InChI=1S/C19H24N2/c1-14-4-7-17(8-5-14)19-13-20-10-11-21(19)18-9-6-15(2)12-16(18)3/h4-9,12,19-20H,10-11,13H2,1-3H3. The van der Waals surface area contributed by atoms with Crippen LogP contribution in [0.5, 0.6) is 0 Å². The zero-order chi connectivity index (χ0) is 14.8. The van der Waals surface area contributed by atoms with Gasteiger partial charge in [-0.3, -0.25) is 0 Å². The molecule has 0 aliphatic carbocycles. The fraction of sp³-hybridized carbons (Fsp3) is 0.368. The third-order valence-corrected chi connectivity index (χ3v) is 4.37. The summed E-state index contributed by atoms with van der Waals surface area (Å²) < 4.78 is 0. The highest BCUT2D eigenvalue weighted by molar-refractivity contribution is 5.56. The summed E-state index contributed by atoms with van der Waals surface area (Å²) in [5.74, 6) is 0. The lowest BCUT2D eigenvalue weighted by atomic mass is 9.99. The van der Waals surface area contributed by atoms with E-state index < -0.39 is 0 Å². The van der Waals surface area contributed by atoms with Crippen LogP contribution >= 0.6 is 0 Å². The van der Waals surface area contributed by atoms with Crippen LogP contribution in [0.1, 0.15) is 28.3 Å². The second-order valence-electron chi connectivity index (χ2n) is 6.11. The van der Waals surface area contributed by atoms with Crippen molar-refractivity contribution >= 4 is 5.69 Å². The van der Waals surface area contributed by atoms with Crippen molar-refractivity contribution in [2.45, 2.75) is 26.8 Å². The second-order valence-corrected chi connectivity index (χ2v) is 6.11. The fourth-order valence-electron chi connectivity index (χ4n) is 3.21. The van der Waals surface area contributed by atoms with Crippen LogP contribution in [0.15, 0.2) is 42.5 Å². The summed E-state index contributed by atoms with van der Waals surface area (Å²) in [4.78, 5) is 2.55. The third kappa shape index (κ3) is 2.96. The molecule has 2 heteroatoms. The van der Waals surface area contributed by atoms with E-state index in [0.29, 0.717) is 6.04 Å². The Morgan fingerprint density at radius 3 is 2.38 bits per heavy atom. The minimum absolute atomic E-state index is 0.417. The van der Waals surface area contributed by atoms with Gasteiger partial charge in [0.1, 0.15) is 0 Å². The lowest BCUT2D eigenvalue weighted by Gasteiger charge is -2.39. The molecule has 21 heavy (non-hydrogen) atoms. The first kappa shape index (κ1) is 14.2. The Labute approximate surface area is 127 Å². The Kier molecular flexibility index (Phi) is 3.98. The van der Waals surface area contributed by atoms with Crippen LogP contribution < -0.4 is 10.2 Å². The average Bonchev–Trinajstić information content (AvgIpc) is 2.48. The van der Waals surface area contributed by atoms with Crippen LogP contribution in [0.25, 0.3) is 0 Å². The van der Waals surface area contributed by atoms with E-state index in [0.717, 1.165) is 19.6 Å². The molecule has 0 bridgehead atoms. The second kappa shape index (κ2) is 5.90. The third-order valence-electron chi connectivity index (χ3n) is 4.37. The molecular formula is C19H24N2. The van der Waals surface area contributed by atoms with Crippen LogP contribution in [-0.2, 0) is 0 Å². The quantitative estimate of drug-likeness (QED) is 0.901. The SMILES string of the molecule is Cc1ccc(C2CNCCN2c2ccc(C)cc2C)cc1. The minimum Gasteiger partial charge on any atom is -0.362 e. The number of piperazine rings is 1. The molecule has 2 nitrogen and oxygen atoms in total. The Hall–Kier alpha value is -1.80. The fourth-order valence-corrected chi connectivity index (χ4v) is 3.21. The van der Waals surface area contributed by atoms with Gasteiger partial charge in [-0.2, -0.15) is 0 Å². The number of nitrogens with zero attached hydrogens (tertiary/aromatic N) is 1. The molecule has 0 radical (unpaired) electrons. The van der Waals surface area contributed by atoms with Crippen LogP contribution in [0.4, 0.5) is 5.69 Å². The van der Waals surface area contributed by atoms with Gasteiger partial charge in [0, 0.05) is 25.3 Å². The summed E-state index contributed by atoms with van der Waals surface area (Å²) in [6, 6.07) is 16.2. The largest absolute Gasteiger partial charge is 0.362 e. The van der Waals surface area contributed by atoms with Crippen molar-refractivity contribution in [3.63, 3.8) is 0 Å². The molecule has 1 N–H and O–H groups in total. The molecule has 1 aliphatic rings. The summed E-state index contributed by atoms with van der Waals surface area (Å²) in [6.45, 7) is 9.64. The van der Waals surface area contributed by atoms with E-state index in [1.165, 1.54) is 27.9 Å². The van der Waals surface area contributed by atoms with Gasteiger partial charge in [-0.1, -0.05) is 47.5 Å². The molecule has 1 fully saturated rings. The summed E-state index contributed by atoms with van der Waals surface area (Å²) in [5.41, 5.74) is 6.79. The molecule has 0 saturated carbocycles. The number of hydrogen-bond donors (Lipinski definition) is 1. The van der Waals surface area contributed by atoms with Crippen molar-refractivity contribution in [1.29, 1.82) is 0 Å². The molecule has 1 aliphatic heterocycles. The highest BCUT2D eigenvalue weighted by atomic mass is 15.2. The van der Waals surface area contributed by atoms with Gasteiger partial charge >= 0.3 is 0 Å². The van der Waals surface area contributed by atoms with Crippen molar-refractivity contribution in [2.24, 2.45) is 0 Å². The van der Waals surface area contributed by atoms with E-state index in [1.807, 2.05) is 0 Å². The van der Waals surface area contributed by atoms with Gasteiger partial charge in [0.25, 0.3) is 0 Å². The van der Waals surface area contributed by atoms with Crippen LogP contribution in [0, 0.1) is 20.8 Å². The number of nitrogens with one attached hydrogen (secondary N) is 1. The maximum atomic E-state index is 3.54. The molecule has 0 aromatic heterocycles. The maximum absolute atomic E-state index is 3.54. The van der Waals surface area contributed by atoms with Crippen LogP contribution in [-0.4, -0.2) is 19.6 Å². The van der Waals surface area contributed by atoms with Crippen molar-refractivity contribution in [3.05, 3.63) is 64.7 Å². The van der Waals surface area contributed by atoms with Crippen molar-refractivity contribution in [1.82, 2.24) is 5.32 Å². The van der Waals surface area contributed by atoms with Gasteiger partial charge < -0.3 is 10.2 Å². The van der Waals surface area contributed by atoms with Gasteiger partial charge in [-0.15, -0.1) is 0 Å². The molecule has 0 amide bonds. The van der Waals surface area contributed by atoms with E-state index in [1.54, 1.807) is 0 Å². The molecule has 3 rings (SSSR count). The number of aryl methyl sites for hydroxylation is 3. The summed E-state index contributed by atoms with van der Waals surface area (Å²) >= 11 is 0. The molecule has 2 aromatic carbocycles. The normalized spacial score (nSPS) is 18.8. The molecule has 1 heterocycles. The predicted molar refractivity (Wildman–Crippen MR) is 90.1 cm³/mol. The van der Waals surface area contributed by atoms with Gasteiger partial charge in [0.15, 0.2) is 0 Å². The minimum atomic E-state index is 0.417. The Morgan fingerprint density at radius 2 is 1.67 bits per heavy atom. The first-order valence-corrected chi connectivity index (χ1v) is 7.76. The lowest BCUT2D eigenvalue weighted by Crippen LogP contribution is -2.46. The van der Waals surface area contributed by atoms with E-state index in [2.05, 4.69) is 73.5 Å². The molecule has 1 unspecified atom stereocenters. The predicted octanol–water partition coefficient (Wildman–Crippen LogP) is 3.76. The zero-order valence-electron chi connectivity index (χ0n) is 13.2. The number of rotatable bonds is 2. The van der Waals surface area contributed by atoms with Gasteiger partial charge in [0.05, 0.1) is 6.04 Å². The number of benzene rings is 2. The molecule has 1 atom stereocenters. The summed E-state index contributed by atoms with van der Waals surface area (Å²) in [6.07, 6.45) is 0. The number of hydrogen-bond acceptors (Lipinski definition) is 2. The summed E-state index contributed by atoms with van der Waals surface area (Å²) in [7, 11) is 0. The maximum Gasteiger partial charge on any atom is 0.0667 e. The lowest BCUT2D eigenvalue weighted by molar-refractivity contribution is 0.489. The molecule has 1 saturated heterocycles. The van der Waals surface area contributed by atoms with Gasteiger partial charge in [-0.25, -0.2) is 0 Å². The van der Waals surface area contributed by atoms with Gasteiger partial charge in [0.2, 0.25) is 0 Å².